The van der Waals surface area contributed by atoms with Crippen molar-refractivity contribution in [3.63, 3.8) is 0 Å². The van der Waals surface area contributed by atoms with E-state index < -0.39 is 11.7 Å². The third kappa shape index (κ3) is 4.33. The molecule has 6 nitrogen and oxygen atoms in total. The highest BCUT2D eigenvalue weighted by Crippen LogP contribution is 2.31. The lowest BCUT2D eigenvalue weighted by Gasteiger charge is -2.13. The SMILES string of the molecule is CCNc1cc(C(F)(F)F)cc(NCCn2ccnn2)n1. The van der Waals surface area contributed by atoms with Crippen molar-refractivity contribution >= 4 is 11.6 Å². The molecule has 9 heteroatoms. The van der Waals surface area contributed by atoms with Gasteiger partial charge in [0.25, 0.3) is 0 Å². The molecule has 0 atom stereocenters. The average Bonchev–Trinajstić information content (AvgIpc) is 2.91. The molecule has 2 N–H and O–H groups in total. The van der Waals surface area contributed by atoms with Crippen LogP contribution in [0, 0.1) is 0 Å². The molecular formula is C12H15F3N6. The van der Waals surface area contributed by atoms with Gasteiger partial charge in [-0.3, -0.25) is 4.68 Å². The topological polar surface area (TPSA) is 67.7 Å². The lowest BCUT2D eigenvalue weighted by atomic mass is 10.2. The third-order valence-corrected chi connectivity index (χ3v) is 2.63. The minimum atomic E-state index is -4.41. The third-order valence-electron chi connectivity index (χ3n) is 2.63. The predicted molar refractivity (Wildman–Crippen MR) is 71.9 cm³/mol. The maximum absolute atomic E-state index is 12.8. The summed E-state index contributed by atoms with van der Waals surface area (Å²) in [5.74, 6) is 0.358. The fourth-order valence-electron chi connectivity index (χ4n) is 1.71. The number of pyridine rings is 1. The second-order valence-electron chi connectivity index (χ2n) is 4.25. The molecule has 0 aliphatic carbocycles. The Bertz CT molecular complexity index is 567. The molecule has 0 aliphatic heterocycles. The molecule has 21 heavy (non-hydrogen) atoms. The Morgan fingerprint density at radius 2 is 1.90 bits per heavy atom. The number of hydrogen-bond donors (Lipinski definition) is 2. The number of hydrogen-bond acceptors (Lipinski definition) is 5. The van der Waals surface area contributed by atoms with Gasteiger partial charge in [-0.15, -0.1) is 5.10 Å². The van der Waals surface area contributed by atoms with Gasteiger partial charge < -0.3 is 10.6 Å². The van der Waals surface area contributed by atoms with Crippen LogP contribution in [0.4, 0.5) is 24.8 Å². The summed E-state index contributed by atoms with van der Waals surface area (Å²) in [7, 11) is 0. The normalized spacial score (nSPS) is 11.4. The Hall–Kier alpha value is -2.32. The van der Waals surface area contributed by atoms with Crippen LogP contribution < -0.4 is 10.6 Å². The molecule has 0 unspecified atom stereocenters. The van der Waals surface area contributed by atoms with Crippen LogP contribution >= 0.6 is 0 Å². The minimum Gasteiger partial charge on any atom is -0.370 e. The van der Waals surface area contributed by atoms with Gasteiger partial charge in [0.05, 0.1) is 18.3 Å². The molecule has 0 spiro atoms. The first-order valence-corrected chi connectivity index (χ1v) is 6.40. The Kier molecular flexibility index (Phi) is 4.61. The summed E-state index contributed by atoms with van der Waals surface area (Å²) >= 11 is 0. The highest BCUT2D eigenvalue weighted by Gasteiger charge is 2.31. The summed E-state index contributed by atoms with van der Waals surface area (Å²) in [5.41, 5.74) is -0.739. The van der Waals surface area contributed by atoms with E-state index in [9.17, 15) is 13.2 Å². The number of nitrogens with one attached hydrogen (secondary N) is 2. The molecule has 0 saturated heterocycles. The smallest absolute Gasteiger partial charge is 0.370 e. The Morgan fingerprint density at radius 3 is 2.48 bits per heavy atom. The van der Waals surface area contributed by atoms with E-state index in [1.807, 2.05) is 0 Å². The molecule has 0 radical (unpaired) electrons. The van der Waals surface area contributed by atoms with Gasteiger partial charge in [-0.05, 0) is 19.1 Å². The van der Waals surface area contributed by atoms with E-state index >= 15 is 0 Å². The van der Waals surface area contributed by atoms with Gasteiger partial charge in [0, 0.05) is 19.3 Å². The molecule has 114 valence electrons. The molecule has 0 bridgehead atoms. The summed E-state index contributed by atoms with van der Waals surface area (Å²) in [6, 6.07) is 1.98. The van der Waals surface area contributed by atoms with Crippen molar-refractivity contribution in [2.45, 2.75) is 19.6 Å². The summed E-state index contributed by atoms with van der Waals surface area (Å²) in [6.45, 7) is 3.16. The van der Waals surface area contributed by atoms with E-state index in [2.05, 4.69) is 25.9 Å². The molecule has 0 aliphatic rings. The van der Waals surface area contributed by atoms with Crippen molar-refractivity contribution in [2.75, 3.05) is 23.7 Å². The van der Waals surface area contributed by atoms with Crippen LogP contribution in [0.15, 0.2) is 24.5 Å². The second-order valence-corrected chi connectivity index (χ2v) is 4.25. The van der Waals surface area contributed by atoms with Crippen molar-refractivity contribution in [1.29, 1.82) is 0 Å². The molecular weight excluding hydrogens is 285 g/mol. The van der Waals surface area contributed by atoms with Crippen molar-refractivity contribution in [2.24, 2.45) is 0 Å². The van der Waals surface area contributed by atoms with Gasteiger partial charge in [0.2, 0.25) is 0 Å². The number of alkyl halides is 3. The zero-order valence-corrected chi connectivity index (χ0v) is 11.4. The van der Waals surface area contributed by atoms with Gasteiger partial charge in [-0.1, -0.05) is 5.21 Å². The summed E-state index contributed by atoms with van der Waals surface area (Å²) in [6.07, 6.45) is -1.20. The van der Waals surface area contributed by atoms with Crippen LogP contribution in [0.2, 0.25) is 0 Å². The summed E-state index contributed by atoms with van der Waals surface area (Å²) in [4.78, 5) is 4.09. The van der Waals surface area contributed by atoms with Gasteiger partial charge in [-0.2, -0.15) is 13.2 Å². The standard InChI is InChI=1S/C12H15F3N6/c1-2-16-10-7-9(12(13,14)15)8-11(19-10)17-3-5-21-6-4-18-20-21/h4,6-8H,2-3,5H2,1H3,(H2,16,17,19). The first kappa shape index (κ1) is 15.1. The van der Waals surface area contributed by atoms with Crippen LogP contribution in [-0.4, -0.2) is 33.1 Å². The van der Waals surface area contributed by atoms with E-state index in [1.54, 1.807) is 17.8 Å². The molecule has 0 aromatic carbocycles. The molecule has 0 fully saturated rings. The van der Waals surface area contributed by atoms with E-state index in [0.717, 1.165) is 12.1 Å². The monoisotopic (exact) mass is 300 g/mol. The predicted octanol–water partition coefficient (Wildman–Crippen LogP) is 2.24. The van der Waals surface area contributed by atoms with E-state index in [1.165, 1.54) is 6.20 Å². The number of rotatable bonds is 6. The van der Waals surface area contributed by atoms with E-state index in [0.29, 0.717) is 19.6 Å². The van der Waals surface area contributed by atoms with Crippen LogP contribution in [0.25, 0.3) is 0 Å². The maximum atomic E-state index is 12.8. The highest BCUT2D eigenvalue weighted by molar-refractivity contribution is 5.49. The molecule has 2 rings (SSSR count). The zero-order valence-electron chi connectivity index (χ0n) is 11.4. The van der Waals surface area contributed by atoms with Crippen LogP contribution in [-0.2, 0) is 12.7 Å². The van der Waals surface area contributed by atoms with Crippen molar-refractivity contribution in [3.05, 3.63) is 30.1 Å². The highest BCUT2D eigenvalue weighted by atomic mass is 19.4. The number of halogens is 3. The van der Waals surface area contributed by atoms with Crippen LogP contribution in [0.1, 0.15) is 12.5 Å². The fraction of sp³-hybridized carbons (Fsp3) is 0.417. The average molecular weight is 300 g/mol. The Balaban J connectivity index is 2.08. The molecule has 2 aromatic heterocycles. The Labute approximate surface area is 119 Å². The number of nitrogens with zero attached hydrogens (tertiary/aromatic N) is 4. The van der Waals surface area contributed by atoms with E-state index in [4.69, 9.17) is 0 Å². The summed E-state index contributed by atoms with van der Waals surface area (Å²) < 4.78 is 40.1. The van der Waals surface area contributed by atoms with Gasteiger partial charge >= 0.3 is 6.18 Å². The first-order chi connectivity index (χ1) is 9.99. The number of aromatic nitrogens is 4. The largest absolute Gasteiger partial charge is 0.416 e. The van der Waals surface area contributed by atoms with Gasteiger partial charge in [0.15, 0.2) is 0 Å². The lowest BCUT2D eigenvalue weighted by molar-refractivity contribution is -0.137. The maximum Gasteiger partial charge on any atom is 0.416 e. The Morgan fingerprint density at radius 1 is 1.19 bits per heavy atom. The minimum absolute atomic E-state index is 0.167. The fourth-order valence-corrected chi connectivity index (χ4v) is 1.71. The van der Waals surface area contributed by atoms with Gasteiger partial charge in [0.1, 0.15) is 11.6 Å². The molecule has 2 aromatic rings. The van der Waals surface area contributed by atoms with Crippen molar-refractivity contribution in [1.82, 2.24) is 20.0 Å². The first-order valence-electron chi connectivity index (χ1n) is 6.40. The van der Waals surface area contributed by atoms with Crippen LogP contribution in [0.3, 0.4) is 0 Å². The number of anilines is 2. The lowest BCUT2D eigenvalue weighted by Crippen LogP contribution is -2.14. The second kappa shape index (κ2) is 6.42. The quantitative estimate of drug-likeness (QED) is 0.856. The van der Waals surface area contributed by atoms with Crippen LogP contribution in [0.5, 0.6) is 0 Å². The summed E-state index contributed by atoms with van der Waals surface area (Å²) in [5, 5.41) is 13.0. The van der Waals surface area contributed by atoms with Crippen molar-refractivity contribution < 1.29 is 13.2 Å². The van der Waals surface area contributed by atoms with Crippen molar-refractivity contribution in [3.8, 4) is 0 Å². The molecule has 2 heterocycles. The molecule has 0 saturated carbocycles. The van der Waals surface area contributed by atoms with Gasteiger partial charge in [-0.25, -0.2) is 4.98 Å². The van der Waals surface area contributed by atoms with E-state index in [-0.39, 0.29) is 11.6 Å². The molecule has 0 amide bonds. The zero-order chi connectivity index (χ0) is 15.3.